The number of aliphatic carboxylic acids is 1. The second kappa shape index (κ2) is 9.76. The third-order valence-corrected chi connectivity index (χ3v) is 3.70. The van der Waals surface area contributed by atoms with Gasteiger partial charge in [0.1, 0.15) is 12.4 Å². The normalized spacial score (nSPS) is 12.1. The van der Waals surface area contributed by atoms with Gasteiger partial charge < -0.3 is 20.3 Å². The summed E-state index contributed by atoms with van der Waals surface area (Å²) in [6.07, 6.45) is 2.42. The van der Waals surface area contributed by atoms with Gasteiger partial charge in [-0.15, -0.1) is 0 Å². The van der Waals surface area contributed by atoms with Crippen LogP contribution in [0.15, 0.2) is 22.7 Å². The van der Waals surface area contributed by atoms with Crippen LogP contribution in [0, 0.1) is 0 Å². The molecule has 1 rings (SSSR count). The highest BCUT2D eigenvalue weighted by Gasteiger charge is 2.09. The van der Waals surface area contributed by atoms with Crippen LogP contribution in [0.4, 0.5) is 0 Å². The number of carboxylic acid groups (broad SMARTS) is 1. The molecule has 0 saturated heterocycles. The smallest absolute Gasteiger partial charge is 0.303 e. The predicted molar refractivity (Wildman–Crippen MR) is 84.5 cm³/mol. The Balaban J connectivity index is 2.47. The number of carboxylic acids is 1. The largest absolute Gasteiger partial charge is 0.490 e. The molecule has 0 fully saturated rings. The summed E-state index contributed by atoms with van der Waals surface area (Å²) < 4.78 is 11.4. The highest BCUT2D eigenvalue weighted by molar-refractivity contribution is 9.10. The number of nitrogens with two attached hydrogens (primary N) is 1. The Morgan fingerprint density at radius 3 is 2.76 bits per heavy atom. The number of hydrogen-bond acceptors (Lipinski definition) is 4. The van der Waals surface area contributed by atoms with E-state index >= 15 is 0 Å². The number of ether oxygens (including phenoxy) is 2. The molecule has 0 aromatic heterocycles. The van der Waals surface area contributed by atoms with E-state index in [0.29, 0.717) is 19.6 Å². The second-order valence-corrected chi connectivity index (χ2v) is 5.63. The first-order valence-corrected chi connectivity index (χ1v) is 7.72. The average molecular weight is 360 g/mol. The first-order valence-electron chi connectivity index (χ1n) is 6.93. The van der Waals surface area contributed by atoms with Gasteiger partial charge in [-0.1, -0.05) is 12.5 Å². The third-order valence-electron chi connectivity index (χ3n) is 3.08. The van der Waals surface area contributed by atoms with Crippen molar-refractivity contribution in [3.63, 3.8) is 0 Å². The maximum absolute atomic E-state index is 10.4. The van der Waals surface area contributed by atoms with E-state index in [1.165, 1.54) is 0 Å². The fourth-order valence-electron chi connectivity index (χ4n) is 1.91. The Labute approximate surface area is 133 Å². The standard InChI is InChI=1S/C15H22BrNO4/c1-20-8-9-21-14-7-6-11(10-12(14)16)13(17)4-2-3-5-15(18)19/h6-7,10,13H,2-5,8-9,17H2,1H3,(H,18,19). The fraction of sp³-hybridized carbons (Fsp3) is 0.533. The number of unbranched alkanes of at least 4 members (excludes halogenated alkanes) is 1. The minimum atomic E-state index is -0.760. The van der Waals surface area contributed by atoms with Crippen LogP contribution < -0.4 is 10.5 Å². The van der Waals surface area contributed by atoms with E-state index < -0.39 is 5.97 Å². The monoisotopic (exact) mass is 359 g/mol. The van der Waals surface area contributed by atoms with Gasteiger partial charge >= 0.3 is 5.97 Å². The molecule has 0 amide bonds. The molecule has 1 aromatic carbocycles. The Kier molecular flexibility index (Phi) is 8.34. The van der Waals surface area contributed by atoms with Crippen molar-refractivity contribution in [3.8, 4) is 5.75 Å². The maximum Gasteiger partial charge on any atom is 0.303 e. The van der Waals surface area contributed by atoms with Gasteiger partial charge in [0.2, 0.25) is 0 Å². The number of hydrogen-bond donors (Lipinski definition) is 2. The predicted octanol–water partition coefficient (Wildman–Crippen LogP) is 3.12. The van der Waals surface area contributed by atoms with Crippen molar-refractivity contribution in [2.45, 2.75) is 31.7 Å². The average Bonchev–Trinajstić information content (AvgIpc) is 2.45. The van der Waals surface area contributed by atoms with Gasteiger partial charge in [0, 0.05) is 19.6 Å². The van der Waals surface area contributed by atoms with Crippen LogP contribution in [0.1, 0.15) is 37.3 Å². The number of halogens is 1. The molecule has 1 aromatic rings. The van der Waals surface area contributed by atoms with Crippen LogP contribution in [-0.4, -0.2) is 31.4 Å². The molecule has 0 aliphatic rings. The van der Waals surface area contributed by atoms with Crippen molar-refractivity contribution in [2.75, 3.05) is 20.3 Å². The minimum absolute atomic E-state index is 0.0943. The highest BCUT2D eigenvalue weighted by atomic mass is 79.9. The SMILES string of the molecule is COCCOc1ccc(C(N)CCCCC(=O)O)cc1Br. The van der Waals surface area contributed by atoms with E-state index in [9.17, 15) is 4.79 Å². The van der Waals surface area contributed by atoms with Crippen molar-refractivity contribution in [1.82, 2.24) is 0 Å². The van der Waals surface area contributed by atoms with Gasteiger partial charge in [-0.05, 0) is 46.5 Å². The molecule has 6 heteroatoms. The van der Waals surface area contributed by atoms with Gasteiger partial charge in [0.05, 0.1) is 11.1 Å². The van der Waals surface area contributed by atoms with E-state index in [1.807, 2.05) is 18.2 Å². The first-order chi connectivity index (χ1) is 10.0. The van der Waals surface area contributed by atoms with Crippen molar-refractivity contribution in [3.05, 3.63) is 28.2 Å². The lowest BCUT2D eigenvalue weighted by molar-refractivity contribution is -0.137. The zero-order chi connectivity index (χ0) is 15.7. The van der Waals surface area contributed by atoms with Crippen molar-refractivity contribution < 1.29 is 19.4 Å². The Bertz CT molecular complexity index is 453. The van der Waals surface area contributed by atoms with E-state index in [0.717, 1.165) is 28.6 Å². The Morgan fingerprint density at radius 1 is 1.38 bits per heavy atom. The van der Waals surface area contributed by atoms with E-state index in [4.69, 9.17) is 20.3 Å². The van der Waals surface area contributed by atoms with Crippen LogP contribution in [-0.2, 0) is 9.53 Å². The fourth-order valence-corrected chi connectivity index (χ4v) is 2.42. The second-order valence-electron chi connectivity index (χ2n) is 4.78. The zero-order valence-electron chi connectivity index (χ0n) is 12.2. The van der Waals surface area contributed by atoms with Crippen LogP contribution >= 0.6 is 15.9 Å². The first kappa shape index (κ1) is 17.9. The van der Waals surface area contributed by atoms with Crippen molar-refractivity contribution >= 4 is 21.9 Å². The minimum Gasteiger partial charge on any atom is -0.490 e. The number of benzene rings is 1. The van der Waals surface area contributed by atoms with Gasteiger partial charge in [-0.25, -0.2) is 0 Å². The summed E-state index contributed by atoms with van der Waals surface area (Å²) in [5.74, 6) is -0.00208. The van der Waals surface area contributed by atoms with Crippen molar-refractivity contribution in [1.29, 1.82) is 0 Å². The molecule has 0 spiro atoms. The summed E-state index contributed by atoms with van der Waals surface area (Å²) in [6.45, 7) is 1.03. The van der Waals surface area contributed by atoms with Gasteiger partial charge in [-0.3, -0.25) is 4.79 Å². The number of carbonyl (C=O) groups is 1. The molecule has 1 atom stereocenters. The topological polar surface area (TPSA) is 81.8 Å². The van der Waals surface area contributed by atoms with Gasteiger partial charge in [-0.2, -0.15) is 0 Å². The lowest BCUT2D eigenvalue weighted by Gasteiger charge is -2.14. The summed E-state index contributed by atoms with van der Waals surface area (Å²) >= 11 is 3.47. The zero-order valence-corrected chi connectivity index (χ0v) is 13.8. The lowest BCUT2D eigenvalue weighted by atomic mass is 10.0. The molecule has 118 valence electrons. The number of rotatable bonds is 10. The molecule has 21 heavy (non-hydrogen) atoms. The molecule has 1 unspecified atom stereocenters. The molecule has 0 aliphatic heterocycles. The molecule has 0 bridgehead atoms. The van der Waals surface area contributed by atoms with Crippen LogP contribution in [0.25, 0.3) is 0 Å². The quantitative estimate of drug-likeness (QED) is 0.627. The van der Waals surface area contributed by atoms with E-state index in [1.54, 1.807) is 7.11 Å². The third kappa shape index (κ3) is 6.93. The van der Waals surface area contributed by atoms with Crippen LogP contribution in [0.2, 0.25) is 0 Å². The summed E-state index contributed by atoms with van der Waals surface area (Å²) in [5, 5.41) is 8.59. The van der Waals surface area contributed by atoms with Crippen LogP contribution in [0.5, 0.6) is 5.75 Å². The molecule has 0 radical (unpaired) electrons. The summed E-state index contributed by atoms with van der Waals surface area (Å²) in [4.78, 5) is 10.4. The number of methoxy groups -OCH3 is 1. The highest BCUT2D eigenvalue weighted by Crippen LogP contribution is 2.29. The molecular weight excluding hydrogens is 338 g/mol. The molecule has 0 saturated carbocycles. The van der Waals surface area contributed by atoms with E-state index in [2.05, 4.69) is 15.9 Å². The molecule has 3 N–H and O–H groups in total. The van der Waals surface area contributed by atoms with Crippen LogP contribution in [0.3, 0.4) is 0 Å². The summed E-state index contributed by atoms with van der Waals surface area (Å²) in [7, 11) is 1.63. The molecule has 5 nitrogen and oxygen atoms in total. The maximum atomic E-state index is 10.4. The molecule has 0 aliphatic carbocycles. The summed E-state index contributed by atoms with van der Waals surface area (Å²) in [5.41, 5.74) is 7.13. The van der Waals surface area contributed by atoms with Crippen molar-refractivity contribution in [2.24, 2.45) is 5.73 Å². The van der Waals surface area contributed by atoms with Gasteiger partial charge in [0.15, 0.2) is 0 Å². The lowest BCUT2D eigenvalue weighted by Crippen LogP contribution is -2.11. The van der Waals surface area contributed by atoms with E-state index in [-0.39, 0.29) is 12.5 Å². The van der Waals surface area contributed by atoms with Gasteiger partial charge in [0.25, 0.3) is 0 Å². The summed E-state index contributed by atoms with van der Waals surface area (Å²) in [6, 6.07) is 5.67. The Morgan fingerprint density at radius 2 is 2.14 bits per heavy atom. The molecular formula is C15H22BrNO4. The Hall–Kier alpha value is -1.11. The molecule has 0 heterocycles.